The molecule has 16 heteroatoms. The Kier molecular flexibility index (Phi) is 9.03. The van der Waals surface area contributed by atoms with E-state index in [-0.39, 0.29) is 28.5 Å². The summed E-state index contributed by atoms with van der Waals surface area (Å²) in [5, 5.41) is 2.86. The van der Waals surface area contributed by atoms with Crippen molar-refractivity contribution >= 4 is 52.7 Å². The fraction of sp³-hybridized carbons (Fsp3) is 0.333. The van der Waals surface area contributed by atoms with Crippen LogP contribution in [-0.4, -0.2) is 36.3 Å². The number of hydrogen-bond acceptors (Lipinski definition) is 2. The second kappa shape index (κ2) is 11.3. The highest BCUT2D eigenvalue weighted by Gasteiger charge is 2.52. The molecule has 0 bridgehead atoms. The first-order chi connectivity index (χ1) is 18.2. The maximum Gasteiger partial charge on any atom is 0.417 e. The smallest absolute Gasteiger partial charge is 0.345 e. The summed E-state index contributed by atoms with van der Waals surface area (Å²) in [7, 11) is 0. The summed E-state index contributed by atoms with van der Waals surface area (Å²) in [6, 6.07) is 3.88. The van der Waals surface area contributed by atoms with Gasteiger partial charge in [0.1, 0.15) is 12.1 Å². The molecule has 0 saturated heterocycles. The number of rotatable bonds is 7. The molecule has 4 nitrogen and oxygen atoms in total. The Morgan fingerprint density at radius 1 is 0.900 bits per heavy atom. The van der Waals surface area contributed by atoms with Crippen LogP contribution in [0.5, 0.6) is 0 Å². The Hall–Kier alpha value is -2.64. The molecule has 40 heavy (non-hydrogen) atoms. The van der Waals surface area contributed by atoms with Crippen LogP contribution in [0.3, 0.4) is 0 Å². The van der Waals surface area contributed by atoms with E-state index < -0.39 is 70.1 Å². The summed E-state index contributed by atoms with van der Waals surface area (Å²) in [5.74, 6) is -5.01. The molecular weight excluding hydrogens is 626 g/mol. The quantitative estimate of drug-likeness (QED) is 0.238. The Morgan fingerprint density at radius 2 is 1.50 bits per heavy atom. The third-order valence-electron chi connectivity index (χ3n) is 5.79. The number of nitrogens with one attached hydrogen (secondary N) is 2. The molecule has 2 aromatic rings. The van der Waals surface area contributed by atoms with E-state index in [1.807, 2.05) is 5.32 Å². The monoisotopic (exact) mass is 640 g/mol. The van der Waals surface area contributed by atoms with Crippen molar-refractivity contribution in [2.75, 3.05) is 6.54 Å². The van der Waals surface area contributed by atoms with Gasteiger partial charge in [-0.2, -0.15) is 39.5 Å². The van der Waals surface area contributed by atoms with Gasteiger partial charge in [-0.05, 0) is 48.2 Å². The topological polar surface area (TPSA) is 58.2 Å². The van der Waals surface area contributed by atoms with E-state index >= 15 is 0 Å². The molecular formula is C24H16Cl3F9N2O2. The van der Waals surface area contributed by atoms with Crippen molar-refractivity contribution in [3.63, 3.8) is 0 Å². The van der Waals surface area contributed by atoms with Crippen LogP contribution in [-0.2, 0) is 11.0 Å². The van der Waals surface area contributed by atoms with Crippen molar-refractivity contribution in [1.29, 1.82) is 0 Å². The molecule has 0 radical (unpaired) electrons. The van der Waals surface area contributed by atoms with Crippen molar-refractivity contribution in [2.45, 2.75) is 42.8 Å². The fourth-order valence-electron chi connectivity index (χ4n) is 3.64. The summed E-state index contributed by atoms with van der Waals surface area (Å²) < 4.78 is 120. The molecule has 0 spiro atoms. The first-order valence-electron chi connectivity index (χ1n) is 11.0. The van der Waals surface area contributed by atoms with Crippen molar-refractivity contribution < 1.29 is 49.1 Å². The van der Waals surface area contributed by atoms with Gasteiger partial charge in [0.25, 0.3) is 5.91 Å². The summed E-state index contributed by atoms with van der Waals surface area (Å²) in [6.45, 7) is -1.70. The molecule has 2 aromatic carbocycles. The number of alkyl halides is 9. The number of allylic oxidation sites excluding steroid dienone is 1. The second-order valence-electron chi connectivity index (χ2n) is 8.80. The Bertz CT molecular complexity index is 1330. The minimum Gasteiger partial charge on any atom is -0.345 e. The van der Waals surface area contributed by atoms with Crippen LogP contribution < -0.4 is 10.6 Å². The fourth-order valence-corrected chi connectivity index (χ4v) is 4.31. The second-order valence-corrected chi connectivity index (χ2v) is 10.0. The van der Waals surface area contributed by atoms with Gasteiger partial charge in [0.2, 0.25) is 5.91 Å². The van der Waals surface area contributed by atoms with Crippen molar-refractivity contribution in [3.8, 4) is 0 Å². The maximum absolute atomic E-state index is 13.8. The highest BCUT2D eigenvalue weighted by atomic mass is 35.5. The standard InChI is InChI=1S/C24H16Cl3F9N2O2/c25-16-9-18(27)17(26)8-13(16)14(23(31,32)33)4-2-11-1-3-12(15(7-11)24(34,35)36)19(39)38-21(5-6-21)20(40)37-10-22(28,29)30/h1-4,7-9,14H,5-6,10H2,(H,37,40)(H,38,39)/b4-2+. The predicted octanol–water partition coefficient (Wildman–Crippen LogP) is 7.97. The summed E-state index contributed by atoms with van der Waals surface area (Å²) in [6.07, 6.45) is -13.8. The van der Waals surface area contributed by atoms with Gasteiger partial charge in [-0.25, -0.2) is 0 Å². The van der Waals surface area contributed by atoms with E-state index in [9.17, 15) is 49.1 Å². The highest BCUT2D eigenvalue weighted by Crippen LogP contribution is 2.43. The van der Waals surface area contributed by atoms with Gasteiger partial charge >= 0.3 is 18.5 Å². The molecule has 1 aliphatic rings. The number of amides is 2. The van der Waals surface area contributed by atoms with Crippen LogP contribution in [0.1, 0.15) is 45.8 Å². The third-order valence-corrected chi connectivity index (χ3v) is 6.84. The lowest BCUT2D eigenvalue weighted by atomic mass is 9.96. The normalized spacial score (nSPS) is 16.1. The summed E-state index contributed by atoms with van der Waals surface area (Å²) >= 11 is 17.4. The minimum atomic E-state index is -5.16. The number of benzene rings is 2. The molecule has 0 aliphatic heterocycles. The molecule has 1 unspecified atom stereocenters. The van der Waals surface area contributed by atoms with Gasteiger partial charge in [-0.3, -0.25) is 9.59 Å². The molecule has 1 aliphatic carbocycles. The lowest BCUT2D eigenvalue weighted by Gasteiger charge is -2.20. The van der Waals surface area contributed by atoms with E-state index in [0.717, 1.165) is 24.3 Å². The molecule has 218 valence electrons. The van der Waals surface area contributed by atoms with Crippen LogP contribution in [0.25, 0.3) is 6.08 Å². The largest absolute Gasteiger partial charge is 0.417 e. The van der Waals surface area contributed by atoms with Crippen LogP contribution in [0.15, 0.2) is 36.4 Å². The van der Waals surface area contributed by atoms with Crippen LogP contribution >= 0.6 is 34.8 Å². The number of carbonyl (C=O) groups is 2. The average Bonchev–Trinajstić information content (AvgIpc) is 3.59. The van der Waals surface area contributed by atoms with E-state index in [1.165, 1.54) is 0 Å². The Morgan fingerprint density at radius 3 is 2.02 bits per heavy atom. The highest BCUT2D eigenvalue weighted by molar-refractivity contribution is 6.43. The number of carbonyl (C=O) groups excluding carboxylic acids is 2. The third kappa shape index (κ3) is 7.76. The molecule has 0 aromatic heterocycles. The molecule has 2 amide bonds. The molecule has 0 heterocycles. The van der Waals surface area contributed by atoms with Gasteiger partial charge in [-0.1, -0.05) is 53.0 Å². The van der Waals surface area contributed by atoms with Crippen molar-refractivity contribution in [1.82, 2.24) is 10.6 Å². The van der Waals surface area contributed by atoms with Gasteiger partial charge < -0.3 is 10.6 Å². The Balaban J connectivity index is 1.91. The zero-order chi connectivity index (χ0) is 30.3. The van der Waals surface area contributed by atoms with E-state index in [1.54, 1.807) is 5.32 Å². The molecule has 1 fully saturated rings. The van der Waals surface area contributed by atoms with E-state index in [4.69, 9.17) is 34.8 Å². The van der Waals surface area contributed by atoms with Crippen molar-refractivity contribution in [2.24, 2.45) is 0 Å². The van der Waals surface area contributed by atoms with Gasteiger partial charge in [-0.15, -0.1) is 0 Å². The predicted molar refractivity (Wildman–Crippen MR) is 129 cm³/mol. The summed E-state index contributed by atoms with van der Waals surface area (Å²) in [5.41, 5.74) is -5.24. The van der Waals surface area contributed by atoms with Gasteiger partial charge in [0.15, 0.2) is 0 Å². The summed E-state index contributed by atoms with van der Waals surface area (Å²) in [4.78, 5) is 24.8. The lowest BCUT2D eigenvalue weighted by molar-refractivity contribution is -0.140. The van der Waals surface area contributed by atoms with Gasteiger partial charge in [0.05, 0.1) is 27.1 Å². The molecule has 3 rings (SSSR count). The molecule has 2 N–H and O–H groups in total. The number of halogens is 12. The average molecular weight is 642 g/mol. The maximum atomic E-state index is 13.8. The lowest BCUT2D eigenvalue weighted by Crippen LogP contribution is -2.51. The number of hydrogen-bond donors (Lipinski definition) is 2. The SMILES string of the molecule is O=C(NC1(C(=O)NCC(F)(F)F)CC1)c1ccc(/C=C/C(c2cc(Cl)c(Cl)cc2Cl)C(F)(F)F)cc1C(F)(F)F. The van der Waals surface area contributed by atoms with Crippen LogP contribution in [0.2, 0.25) is 15.1 Å². The Labute approximate surface area is 235 Å². The minimum absolute atomic E-state index is 0.110. The van der Waals surface area contributed by atoms with Crippen molar-refractivity contribution in [3.05, 3.63) is 73.7 Å². The van der Waals surface area contributed by atoms with E-state index in [0.29, 0.717) is 18.2 Å². The van der Waals surface area contributed by atoms with Gasteiger partial charge in [0, 0.05) is 5.02 Å². The van der Waals surface area contributed by atoms with E-state index in [2.05, 4.69) is 0 Å². The first kappa shape index (κ1) is 31.9. The van der Waals surface area contributed by atoms with Crippen LogP contribution in [0.4, 0.5) is 39.5 Å². The molecule has 1 saturated carbocycles. The molecule has 1 atom stereocenters. The zero-order valence-electron chi connectivity index (χ0n) is 19.6. The first-order valence-corrected chi connectivity index (χ1v) is 12.1. The zero-order valence-corrected chi connectivity index (χ0v) is 21.9. The van der Waals surface area contributed by atoms with Crippen LogP contribution in [0, 0.1) is 0 Å².